The van der Waals surface area contributed by atoms with Crippen molar-refractivity contribution >= 4 is 23.5 Å². The van der Waals surface area contributed by atoms with Crippen LogP contribution in [0.5, 0.6) is 5.75 Å². The molecule has 0 saturated carbocycles. The average Bonchev–Trinajstić information content (AvgIpc) is 2.67. The summed E-state index contributed by atoms with van der Waals surface area (Å²) >= 11 is 1.48. The molecule has 6 nitrogen and oxygen atoms in total. The number of ketones is 1. The number of aryl methyl sites for hydroxylation is 2. The summed E-state index contributed by atoms with van der Waals surface area (Å²) < 4.78 is 10.7. The Morgan fingerprint density at radius 1 is 1.11 bits per heavy atom. The van der Waals surface area contributed by atoms with Crippen LogP contribution in [0.3, 0.4) is 0 Å². The number of rotatable bonds is 9. The van der Waals surface area contributed by atoms with Crippen LogP contribution in [0.25, 0.3) is 0 Å². The summed E-state index contributed by atoms with van der Waals surface area (Å²) in [6, 6.07) is 6.81. The van der Waals surface area contributed by atoms with Crippen LogP contribution < -0.4 is 4.74 Å². The molecule has 0 N–H and O–H groups in total. The molecular weight excluding hydrogens is 376 g/mol. The molecule has 1 heterocycles. The Hall–Kier alpha value is -2.41. The second-order valence-electron chi connectivity index (χ2n) is 6.31. The summed E-state index contributed by atoms with van der Waals surface area (Å²) in [5.74, 6) is 0.0418. The molecule has 150 valence electrons. The van der Waals surface area contributed by atoms with Crippen molar-refractivity contribution < 1.29 is 19.1 Å². The third-order valence-electron chi connectivity index (χ3n) is 4.29. The zero-order valence-electron chi connectivity index (χ0n) is 16.9. The maximum atomic E-state index is 12.5. The van der Waals surface area contributed by atoms with E-state index in [-0.39, 0.29) is 12.2 Å². The molecule has 0 aliphatic rings. The Balaban J connectivity index is 1.92. The summed E-state index contributed by atoms with van der Waals surface area (Å²) in [5.41, 5.74) is 3.16. The topological polar surface area (TPSA) is 78.4 Å². The van der Waals surface area contributed by atoms with Gasteiger partial charge in [0.25, 0.3) is 0 Å². The van der Waals surface area contributed by atoms with Gasteiger partial charge in [-0.1, -0.05) is 11.8 Å². The summed E-state index contributed by atoms with van der Waals surface area (Å²) in [6.07, 6.45) is 1.73. The molecule has 0 aliphatic heterocycles. The molecule has 0 radical (unpaired) electrons. The first kappa shape index (κ1) is 21.9. The number of carbonyl (C=O) groups excluding carboxylic acids is 2. The fourth-order valence-corrected chi connectivity index (χ4v) is 3.27. The second kappa shape index (κ2) is 10.2. The fraction of sp³-hybridized carbons (Fsp3) is 0.429. The third-order valence-corrected chi connectivity index (χ3v) is 4.84. The normalized spacial score (nSPS) is 11.8. The van der Waals surface area contributed by atoms with E-state index in [0.29, 0.717) is 24.3 Å². The van der Waals surface area contributed by atoms with Gasteiger partial charge in [0.2, 0.25) is 5.78 Å². The smallest absolute Gasteiger partial charge is 0.306 e. The molecular formula is C21H26N2O4S. The van der Waals surface area contributed by atoms with E-state index in [1.165, 1.54) is 11.8 Å². The van der Waals surface area contributed by atoms with Crippen molar-refractivity contribution in [1.82, 2.24) is 9.97 Å². The maximum absolute atomic E-state index is 12.5. The highest BCUT2D eigenvalue weighted by molar-refractivity contribution is 7.98. The Bertz CT molecular complexity index is 814. The van der Waals surface area contributed by atoms with Crippen LogP contribution in [0, 0.1) is 13.8 Å². The van der Waals surface area contributed by atoms with Gasteiger partial charge in [-0.15, -0.1) is 0 Å². The number of hydrogen-bond donors (Lipinski definition) is 0. The van der Waals surface area contributed by atoms with Crippen LogP contribution in [-0.4, -0.2) is 40.7 Å². The summed E-state index contributed by atoms with van der Waals surface area (Å²) in [7, 11) is 0. The minimum atomic E-state index is -0.845. The van der Waals surface area contributed by atoms with Crippen molar-refractivity contribution in [2.24, 2.45) is 0 Å². The zero-order chi connectivity index (χ0) is 20.7. The molecule has 0 saturated heterocycles. The van der Waals surface area contributed by atoms with E-state index < -0.39 is 12.1 Å². The van der Waals surface area contributed by atoms with Gasteiger partial charge >= 0.3 is 5.97 Å². The highest BCUT2D eigenvalue weighted by atomic mass is 32.2. The monoisotopic (exact) mass is 402 g/mol. The highest BCUT2D eigenvalue weighted by Crippen LogP contribution is 2.18. The quantitative estimate of drug-likeness (QED) is 0.272. The van der Waals surface area contributed by atoms with Gasteiger partial charge in [0.1, 0.15) is 5.75 Å². The average molecular weight is 403 g/mol. The molecule has 2 aromatic rings. The van der Waals surface area contributed by atoms with Gasteiger partial charge in [-0.2, -0.15) is 0 Å². The molecule has 2 rings (SSSR count). The van der Waals surface area contributed by atoms with Crippen molar-refractivity contribution in [2.75, 3.05) is 12.9 Å². The summed E-state index contributed by atoms with van der Waals surface area (Å²) in [4.78, 5) is 33.5. The largest absolute Gasteiger partial charge is 0.494 e. The molecule has 7 heteroatoms. The van der Waals surface area contributed by atoms with Crippen molar-refractivity contribution in [3.63, 3.8) is 0 Å². The molecule has 0 fully saturated rings. The van der Waals surface area contributed by atoms with E-state index in [4.69, 9.17) is 9.47 Å². The summed E-state index contributed by atoms with van der Waals surface area (Å²) in [5, 5.41) is 0.718. The lowest BCUT2D eigenvalue weighted by Crippen LogP contribution is -2.24. The number of benzene rings is 1. The van der Waals surface area contributed by atoms with Crippen molar-refractivity contribution in [3.8, 4) is 5.75 Å². The number of Topliss-reactive ketones (excluding diaryl/α,β-unsaturated/α-hetero) is 1. The number of aromatic nitrogens is 2. The molecule has 1 aromatic carbocycles. The first-order valence-corrected chi connectivity index (χ1v) is 10.4. The lowest BCUT2D eigenvalue weighted by Gasteiger charge is -2.14. The van der Waals surface area contributed by atoms with Gasteiger partial charge < -0.3 is 9.47 Å². The van der Waals surface area contributed by atoms with Gasteiger partial charge in [0, 0.05) is 23.4 Å². The fourth-order valence-electron chi connectivity index (χ4n) is 2.82. The molecule has 0 amide bonds. The molecule has 28 heavy (non-hydrogen) atoms. The maximum Gasteiger partial charge on any atom is 0.306 e. The first-order chi connectivity index (χ1) is 13.3. The van der Waals surface area contributed by atoms with Gasteiger partial charge in [0.05, 0.1) is 6.61 Å². The predicted octanol–water partition coefficient (Wildman–Crippen LogP) is 3.96. The minimum absolute atomic E-state index is 0.171. The molecule has 0 bridgehead atoms. The van der Waals surface area contributed by atoms with Gasteiger partial charge in [-0.3, -0.25) is 9.59 Å². The van der Waals surface area contributed by atoms with E-state index in [2.05, 4.69) is 9.97 Å². The number of carbonyl (C=O) groups is 2. The van der Waals surface area contributed by atoms with Crippen molar-refractivity contribution in [3.05, 3.63) is 46.8 Å². The number of nitrogens with zero attached hydrogens (tertiary/aromatic N) is 2. The molecule has 0 aliphatic carbocycles. The number of esters is 1. The Morgan fingerprint density at radius 3 is 2.25 bits per heavy atom. The van der Waals surface area contributed by atoms with E-state index in [9.17, 15) is 9.59 Å². The number of ether oxygens (including phenoxy) is 2. The van der Waals surface area contributed by atoms with E-state index >= 15 is 0 Å². The van der Waals surface area contributed by atoms with E-state index in [0.717, 1.165) is 22.1 Å². The van der Waals surface area contributed by atoms with Crippen LogP contribution >= 0.6 is 11.8 Å². The molecule has 1 atom stereocenters. The Kier molecular flexibility index (Phi) is 7.99. The van der Waals surface area contributed by atoms with Gasteiger partial charge in [-0.05, 0) is 70.2 Å². The van der Waals surface area contributed by atoms with Crippen molar-refractivity contribution in [2.45, 2.75) is 51.8 Å². The predicted molar refractivity (Wildman–Crippen MR) is 109 cm³/mol. The molecule has 0 spiro atoms. The zero-order valence-corrected chi connectivity index (χ0v) is 17.8. The van der Waals surface area contributed by atoms with Gasteiger partial charge in [-0.25, -0.2) is 9.97 Å². The van der Waals surface area contributed by atoms with Gasteiger partial charge in [0.15, 0.2) is 11.3 Å². The SMILES string of the molecule is CCOc1ccc(C(=O)[C@H](C)OC(=O)CCc2c(C)nc(SC)nc2C)cc1. The van der Waals surface area contributed by atoms with Crippen LogP contribution in [0.15, 0.2) is 29.4 Å². The van der Waals surface area contributed by atoms with Crippen LogP contribution in [-0.2, 0) is 16.0 Å². The molecule has 1 aromatic heterocycles. The lowest BCUT2D eigenvalue weighted by atomic mass is 10.1. The van der Waals surface area contributed by atoms with E-state index in [1.807, 2.05) is 27.0 Å². The van der Waals surface area contributed by atoms with Crippen LogP contribution in [0.4, 0.5) is 0 Å². The lowest BCUT2D eigenvalue weighted by molar-refractivity contribution is -0.146. The Labute approximate surface area is 170 Å². The van der Waals surface area contributed by atoms with E-state index in [1.54, 1.807) is 31.2 Å². The Morgan fingerprint density at radius 2 is 1.71 bits per heavy atom. The molecule has 0 unspecified atom stereocenters. The third kappa shape index (κ3) is 5.79. The summed E-state index contributed by atoms with van der Waals surface area (Å²) in [6.45, 7) is 7.86. The minimum Gasteiger partial charge on any atom is -0.494 e. The number of thioether (sulfide) groups is 1. The van der Waals surface area contributed by atoms with Crippen molar-refractivity contribution in [1.29, 1.82) is 0 Å². The highest BCUT2D eigenvalue weighted by Gasteiger charge is 2.20. The van der Waals surface area contributed by atoms with Crippen LogP contribution in [0.1, 0.15) is 47.6 Å². The first-order valence-electron chi connectivity index (χ1n) is 9.20. The second-order valence-corrected chi connectivity index (χ2v) is 7.09. The van der Waals surface area contributed by atoms with Crippen LogP contribution in [0.2, 0.25) is 0 Å². The number of hydrogen-bond acceptors (Lipinski definition) is 7. The standard InChI is InChI=1S/C21H26N2O4S/c1-6-26-17-9-7-16(8-10-17)20(25)15(4)27-19(24)12-11-18-13(2)22-21(28-5)23-14(18)3/h7-10,15H,6,11-12H2,1-5H3/t15-/m0/s1.